The second-order valence-electron chi connectivity index (χ2n) is 5.12. The number of nitrogens with zero attached hydrogens (tertiary/aromatic N) is 1. The molecule has 20 heavy (non-hydrogen) atoms. The number of thiazole rings is 1. The predicted molar refractivity (Wildman–Crippen MR) is 77.4 cm³/mol. The van der Waals surface area contributed by atoms with Crippen LogP contribution in [0.3, 0.4) is 0 Å². The normalized spacial score (nSPS) is 14.5. The topological polar surface area (TPSA) is 34.1 Å². The number of halogens is 1. The molecule has 0 aliphatic heterocycles. The molecule has 1 saturated carbocycles. The van der Waals surface area contributed by atoms with Crippen LogP contribution in [-0.4, -0.2) is 11.0 Å². The molecule has 1 N–H and O–H groups in total. The highest BCUT2D eigenvalue weighted by Gasteiger charge is 2.20. The molecule has 3 rings (SSSR count). The Kier molecular flexibility index (Phi) is 3.98. The first-order chi connectivity index (χ1) is 9.69. The summed E-state index contributed by atoms with van der Waals surface area (Å²) in [6.45, 7) is 3.02. The highest BCUT2D eigenvalue weighted by molar-refractivity contribution is 7.09. The van der Waals surface area contributed by atoms with Crippen molar-refractivity contribution in [3.05, 3.63) is 45.7 Å². The molecule has 0 radical (unpaired) electrons. The number of aromatic nitrogens is 1. The highest BCUT2D eigenvalue weighted by Crippen LogP contribution is 2.22. The fourth-order valence-corrected chi connectivity index (χ4v) is 2.65. The Morgan fingerprint density at radius 1 is 1.40 bits per heavy atom. The molecule has 2 aromatic rings. The minimum atomic E-state index is -0.259. The van der Waals surface area contributed by atoms with Crippen molar-refractivity contribution in [2.24, 2.45) is 0 Å². The third-order valence-corrected chi connectivity index (χ3v) is 4.07. The monoisotopic (exact) mass is 292 g/mol. The van der Waals surface area contributed by atoms with Crippen LogP contribution in [0.25, 0.3) is 0 Å². The fraction of sp³-hybridized carbons (Fsp3) is 0.400. The van der Waals surface area contributed by atoms with Crippen molar-refractivity contribution < 1.29 is 9.13 Å². The molecule has 106 valence electrons. The fourth-order valence-electron chi connectivity index (χ4n) is 1.97. The predicted octanol–water partition coefficient (Wildman–Crippen LogP) is 3.42. The molecule has 1 heterocycles. The average molecular weight is 292 g/mol. The van der Waals surface area contributed by atoms with E-state index in [1.165, 1.54) is 18.9 Å². The van der Waals surface area contributed by atoms with E-state index in [-0.39, 0.29) is 5.82 Å². The quantitative estimate of drug-likeness (QED) is 0.886. The van der Waals surface area contributed by atoms with Crippen molar-refractivity contribution in [2.75, 3.05) is 0 Å². The van der Waals surface area contributed by atoms with Crippen LogP contribution in [0.1, 0.15) is 29.1 Å². The van der Waals surface area contributed by atoms with Crippen LogP contribution in [-0.2, 0) is 13.2 Å². The summed E-state index contributed by atoms with van der Waals surface area (Å²) in [6, 6.07) is 5.47. The first-order valence-electron chi connectivity index (χ1n) is 6.76. The van der Waals surface area contributed by atoms with Crippen molar-refractivity contribution in [1.82, 2.24) is 10.3 Å². The molecule has 0 bridgehead atoms. The average Bonchev–Trinajstić information content (AvgIpc) is 3.15. The number of hydrogen-bond donors (Lipinski definition) is 1. The van der Waals surface area contributed by atoms with E-state index in [2.05, 4.69) is 10.3 Å². The van der Waals surface area contributed by atoms with E-state index < -0.39 is 0 Å². The van der Waals surface area contributed by atoms with Gasteiger partial charge in [0.05, 0.1) is 0 Å². The third kappa shape index (κ3) is 3.77. The van der Waals surface area contributed by atoms with Gasteiger partial charge in [0, 0.05) is 29.7 Å². The summed E-state index contributed by atoms with van der Waals surface area (Å²) in [5, 5.41) is 6.26. The largest absolute Gasteiger partial charge is 0.486 e. The van der Waals surface area contributed by atoms with Crippen LogP contribution in [0.5, 0.6) is 5.75 Å². The summed E-state index contributed by atoms with van der Waals surface area (Å²) in [7, 11) is 0. The van der Waals surface area contributed by atoms with E-state index in [4.69, 9.17) is 4.74 Å². The first kappa shape index (κ1) is 13.5. The third-order valence-electron chi connectivity index (χ3n) is 3.13. The number of ether oxygens (including phenoxy) is 1. The van der Waals surface area contributed by atoms with Gasteiger partial charge in [-0.2, -0.15) is 0 Å². The molecule has 5 heteroatoms. The number of nitrogens with one attached hydrogen (secondary N) is 1. The van der Waals surface area contributed by atoms with Gasteiger partial charge in [-0.05, 0) is 37.5 Å². The lowest BCUT2D eigenvalue weighted by atomic mass is 10.2. The van der Waals surface area contributed by atoms with Gasteiger partial charge in [0.2, 0.25) is 0 Å². The molecule has 1 aromatic carbocycles. The maximum absolute atomic E-state index is 13.6. The number of benzene rings is 1. The molecule has 1 aromatic heterocycles. The summed E-state index contributed by atoms with van der Waals surface area (Å²) in [5.41, 5.74) is 1.91. The van der Waals surface area contributed by atoms with Gasteiger partial charge in [-0.3, -0.25) is 0 Å². The Balaban J connectivity index is 1.62. The minimum Gasteiger partial charge on any atom is -0.486 e. The smallest absolute Gasteiger partial charge is 0.140 e. The summed E-state index contributed by atoms with van der Waals surface area (Å²) >= 11 is 1.56. The van der Waals surface area contributed by atoms with Gasteiger partial charge in [-0.25, -0.2) is 9.37 Å². The molecular formula is C15H17FN2OS. The van der Waals surface area contributed by atoms with Crippen LogP contribution >= 0.6 is 11.3 Å². The minimum absolute atomic E-state index is 0.259. The van der Waals surface area contributed by atoms with Crippen LogP contribution in [0, 0.1) is 12.7 Å². The number of aryl methyl sites for hydroxylation is 1. The van der Waals surface area contributed by atoms with Crippen molar-refractivity contribution in [3.63, 3.8) is 0 Å². The lowest BCUT2D eigenvalue weighted by Gasteiger charge is -2.08. The maximum atomic E-state index is 13.6. The highest BCUT2D eigenvalue weighted by atomic mass is 32.1. The Morgan fingerprint density at radius 2 is 2.25 bits per heavy atom. The van der Waals surface area contributed by atoms with Crippen molar-refractivity contribution >= 4 is 11.3 Å². The summed E-state index contributed by atoms with van der Waals surface area (Å²) in [5.74, 6) is 0.302. The van der Waals surface area contributed by atoms with E-state index in [0.29, 0.717) is 24.9 Å². The zero-order valence-electron chi connectivity index (χ0n) is 11.4. The number of hydrogen-bond acceptors (Lipinski definition) is 4. The summed E-state index contributed by atoms with van der Waals surface area (Å²) in [6.07, 6.45) is 2.45. The lowest BCUT2D eigenvalue weighted by molar-refractivity contribution is 0.303. The van der Waals surface area contributed by atoms with Crippen molar-refractivity contribution in [2.45, 2.75) is 39.0 Å². The van der Waals surface area contributed by atoms with Crippen molar-refractivity contribution in [3.8, 4) is 5.75 Å². The van der Waals surface area contributed by atoms with Crippen molar-refractivity contribution in [1.29, 1.82) is 0 Å². The molecule has 1 aliphatic carbocycles. The standard InChI is InChI=1S/C15H17FN2OS/c1-10-9-20-15(18-10)8-19-14-5-11(4-12(16)6-14)7-17-13-2-3-13/h4-6,9,13,17H,2-3,7-8H2,1H3. The molecule has 1 aliphatic rings. The van der Waals surface area contributed by atoms with E-state index in [1.807, 2.05) is 18.4 Å². The van der Waals surface area contributed by atoms with Crippen LogP contribution in [0.15, 0.2) is 23.6 Å². The van der Waals surface area contributed by atoms with Gasteiger partial charge in [-0.15, -0.1) is 11.3 Å². The van der Waals surface area contributed by atoms with Gasteiger partial charge >= 0.3 is 0 Å². The van der Waals surface area contributed by atoms with E-state index in [0.717, 1.165) is 16.3 Å². The molecular weight excluding hydrogens is 275 g/mol. The number of rotatable bonds is 6. The molecule has 1 fully saturated rings. The van der Waals surface area contributed by atoms with Crippen LogP contribution < -0.4 is 10.1 Å². The Hall–Kier alpha value is -1.46. The van der Waals surface area contributed by atoms with Gasteiger partial charge in [-0.1, -0.05) is 0 Å². The molecule has 0 saturated heterocycles. The van der Waals surface area contributed by atoms with Gasteiger partial charge in [0.1, 0.15) is 23.2 Å². The lowest BCUT2D eigenvalue weighted by Crippen LogP contribution is -2.15. The summed E-state index contributed by atoms with van der Waals surface area (Å²) in [4.78, 5) is 4.33. The maximum Gasteiger partial charge on any atom is 0.140 e. The molecule has 0 unspecified atom stereocenters. The first-order valence-corrected chi connectivity index (χ1v) is 7.64. The molecule has 3 nitrogen and oxygen atoms in total. The van der Waals surface area contributed by atoms with Gasteiger partial charge in [0.15, 0.2) is 0 Å². The van der Waals surface area contributed by atoms with Crippen LogP contribution in [0.2, 0.25) is 0 Å². The Labute approximate surface area is 121 Å². The van der Waals surface area contributed by atoms with E-state index >= 15 is 0 Å². The molecule has 0 amide bonds. The van der Waals surface area contributed by atoms with Gasteiger partial charge in [0.25, 0.3) is 0 Å². The zero-order chi connectivity index (χ0) is 13.9. The summed E-state index contributed by atoms with van der Waals surface area (Å²) < 4.78 is 19.2. The van der Waals surface area contributed by atoms with Gasteiger partial charge < -0.3 is 10.1 Å². The molecule has 0 atom stereocenters. The SMILES string of the molecule is Cc1csc(COc2cc(F)cc(CNC3CC3)c2)n1. The Morgan fingerprint density at radius 3 is 2.95 bits per heavy atom. The second-order valence-corrected chi connectivity index (χ2v) is 6.06. The van der Waals surface area contributed by atoms with E-state index in [9.17, 15) is 4.39 Å². The van der Waals surface area contributed by atoms with Crippen LogP contribution in [0.4, 0.5) is 4.39 Å². The Bertz CT molecular complexity index is 595. The second kappa shape index (κ2) is 5.89. The molecule has 0 spiro atoms. The van der Waals surface area contributed by atoms with E-state index in [1.54, 1.807) is 17.4 Å². The zero-order valence-corrected chi connectivity index (χ0v) is 12.2.